The molecule has 0 amide bonds. The van der Waals surface area contributed by atoms with Crippen LogP contribution < -0.4 is 20.9 Å². The van der Waals surface area contributed by atoms with E-state index in [0.29, 0.717) is 27.4 Å². The Labute approximate surface area is 200 Å². The number of fused-ring (bicyclic) bond motifs is 1. The molecule has 1 fully saturated rings. The fraction of sp³-hybridized carbons (Fsp3) is 0.500. The highest BCUT2D eigenvalue weighted by Gasteiger charge is 2.25. The van der Waals surface area contributed by atoms with E-state index in [9.17, 15) is 14.7 Å². The van der Waals surface area contributed by atoms with Gasteiger partial charge >= 0.3 is 5.69 Å². The number of aliphatic hydroxyl groups is 1. The van der Waals surface area contributed by atoms with Crippen molar-refractivity contribution in [1.29, 1.82) is 0 Å². The van der Waals surface area contributed by atoms with Crippen LogP contribution in [0.1, 0.15) is 25.7 Å². The van der Waals surface area contributed by atoms with E-state index in [-0.39, 0.29) is 18.7 Å². The van der Waals surface area contributed by atoms with Crippen molar-refractivity contribution in [3.05, 3.63) is 49.1 Å². The molecule has 1 aliphatic rings. The fourth-order valence-corrected chi connectivity index (χ4v) is 4.62. The fourth-order valence-electron chi connectivity index (χ4n) is 4.16. The Morgan fingerprint density at radius 3 is 2.45 bits per heavy atom. The molecular weight excluding hydrogens is 469 g/mol. The zero-order valence-corrected chi connectivity index (χ0v) is 20.1. The molecule has 33 heavy (non-hydrogen) atoms. The van der Waals surface area contributed by atoms with Gasteiger partial charge in [-0.25, -0.2) is 4.79 Å². The van der Waals surface area contributed by atoms with Crippen molar-refractivity contribution < 1.29 is 9.84 Å². The lowest BCUT2D eigenvalue weighted by atomic mass is 10.2. The second-order valence-electron chi connectivity index (χ2n) is 8.34. The number of aromatic nitrogens is 4. The van der Waals surface area contributed by atoms with Gasteiger partial charge in [-0.1, -0.05) is 36.0 Å². The summed E-state index contributed by atoms with van der Waals surface area (Å²) < 4.78 is 9.82. The second-order valence-corrected chi connectivity index (χ2v) is 9.18. The van der Waals surface area contributed by atoms with Crippen LogP contribution in [0.5, 0.6) is 5.75 Å². The van der Waals surface area contributed by atoms with Gasteiger partial charge in [0.2, 0.25) is 5.95 Å². The maximum absolute atomic E-state index is 13.1. The SMILES string of the molecule is Cn1c(=O)c2c(nc(N3CCCCCC3)n2C[C@@H](O)COc2ccc(Cl)cc2Cl)n(C)c1=O. The van der Waals surface area contributed by atoms with Crippen molar-refractivity contribution >= 4 is 40.3 Å². The first-order chi connectivity index (χ1) is 15.8. The number of aryl methyl sites for hydroxylation is 1. The van der Waals surface area contributed by atoms with Gasteiger partial charge in [-0.3, -0.25) is 13.9 Å². The molecule has 0 saturated carbocycles. The smallest absolute Gasteiger partial charge is 0.332 e. The minimum Gasteiger partial charge on any atom is -0.489 e. The van der Waals surface area contributed by atoms with E-state index in [2.05, 4.69) is 9.88 Å². The van der Waals surface area contributed by atoms with Gasteiger partial charge < -0.3 is 19.3 Å². The summed E-state index contributed by atoms with van der Waals surface area (Å²) in [6.07, 6.45) is 3.34. The molecule has 0 unspecified atom stereocenters. The van der Waals surface area contributed by atoms with Gasteiger partial charge in [0.1, 0.15) is 18.5 Å². The number of benzene rings is 1. The third kappa shape index (κ3) is 4.76. The van der Waals surface area contributed by atoms with Gasteiger partial charge in [0.05, 0.1) is 11.6 Å². The number of hydrogen-bond donors (Lipinski definition) is 1. The zero-order valence-electron chi connectivity index (χ0n) is 18.6. The lowest BCUT2D eigenvalue weighted by Gasteiger charge is -2.23. The predicted molar refractivity (Wildman–Crippen MR) is 129 cm³/mol. The largest absolute Gasteiger partial charge is 0.489 e. The standard InChI is InChI=1S/C22H27Cl2N5O4/c1-26-19-18(20(31)27(2)22(26)32)29(21(25-19)28-9-5-3-4-6-10-28)12-15(30)13-33-17-8-7-14(23)11-16(17)24/h7-8,11,15,30H,3-6,9-10,12-13H2,1-2H3/t15-/m1/s1. The highest BCUT2D eigenvalue weighted by molar-refractivity contribution is 6.35. The Balaban J connectivity index is 1.70. The molecule has 1 atom stereocenters. The van der Waals surface area contributed by atoms with Gasteiger partial charge in [0, 0.05) is 32.2 Å². The highest BCUT2D eigenvalue weighted by atomic mass is 35.5. The van der Waals surface area contributed by atoms with E-state index in [0.717, 1.165) is 43.3 Å². The highest BCUT2D eigenvalue weighted by Crippen LogP contribution is 2.28. The van der Waals surface area contributed by atoms with Crippen molar-refractivity contribution in [2.75, 3.05) is 24.6 Å². The Kier molecular flexibility index (Phi) is 7.02. The molecule has 9 nitrogen and oxygen atoms in total. The summed E-state index contributed by atoms with van der Waals surface area (Å²) in [5.74, 6) is 0.982. The van der Waals surface area contributed by atoms with Crippen LogP contribution in [0, 0.1) is 0 Å². The third-order valence-electron chi connectivity index (χ3n) is 5.94. The predicted octanol–water partition coefficient (Wildman–Crippen LogP) is 2.56. The van der Waals surface area contributed by atoms with E-state index in [1.54, 1.807) is 29.8 Å². The maximum atomic E-state index is 13.1. The number of halogens is 2. The molecule has 1 aliphatic heterocycles. The first-order valence-electron chi connectivity index (χ1n) is 10.9. The molecule has 0 aliphatic carbocycles. The number of aliphatic hydroxyl groups excluding tert-OH is 1. The minimum absolute atomic E-state index is 0.0491. The van der Waals surface area contributed by atoms with Gasteiger partial charge in [-0.2, -0.15) is 4.98 Å². The Morgan fingerprint density at radius 2 is 1.79 bits per heavy atom. The van der Waals surface area contributed by atoms with Crippen LogP contribution >= 0.6 is 23.2 Å². The summed E-state index contributed by atoms with van der Waals surface area (Å²) in [4.78, 5) is 32.3. The number of imidazole rings is 1. The summed E-state index contributed by atoms with van der Waals surface area (Å²) in [6.45, 7) is 1.61. The van der Waals surface area contributed by atoms with E-state index in [1.165, 1.54) is 11.6 Å². The van der Waals surface area contributed by atoms with Crippen molar-refractivity contribution in [2.45, 2.75) is 38.3 Å². The van der Waals surface area contributed by atoms with Crippen LogP contribution in [0.25, 0.3) is 11.2 Å². The van der Waals surface area contributed by atoms with Crippen LogP contribution in [0.4, 0.5) is 5.95 Å². The molecule has 4 rings (SSSR count). The van der Waals surface area contributed by atoms with Crippen molar-refractivity contribution in [3.63, 3.8) is 0 Å². The first kappa shape index (κ1) is 23.7. The van der Waals surface area contributed by atoms with Crippen LogP contribution in [0.15, 0.2) is 27.8 Å². The molecular formula is C22H27Cl2N5O4. The second kappa shape index (κ2) is 9.79. The van der Waals surface area contributed by atoms with Crippen LogP contribution in [0.3, 0.4) is 0 Å². The van der Waals surface area contributed by atoms with E-state index < -0.39 is 17.4 Å². The molecule has 2 aromatic heterocycles. The van der Waals surface area contributed by atoms with Crippen molar-refractivity contribution in [3.8, 4) is 5.75 Å². The van der Waals surface area contributed by atoms with Crippen LogP contribution in [0.2, 0.25) is 10.0 Å². The first-order valence-corrected chi connectivity index (χ1v) is 11.7. The molecule has 0 bridgehead atoms. The van der Waals surface area contributed by atoms with Crippen LogP contribution in [-0.2, 0) is 20.6 Å². The zero-order chi connectivity index (χ0) is 23.7. The van der Waals surface area contributed by atoms with E-state index >= 15 is 0 Å². The summed E-state index contributed by atoms with van der Waals surface area (Å²) in [5, 5.41) is 11.6. The number of nitrogens with zero attached hydrogens (tertiary/aromatic N) is 5. The van der Waals surface area contributed by atoms with Crippen molar-refractivity contribution in [2.24, 2.45) is 14.1 Å². The number of hydrogen-bond acceptors (Lipinski definition) is 6. The monoisotopic (exact) mass is 495 g/mol. The quantitative estimate of drug-likeness (QED) is 0.564. The summed E-state index contributed by atoms with van der Waals surface area (Å²) >= 11 is 12.1. The number of ether oxygens (including phenoxy) is 1. The minimum atomic E-state index is -0.957. The lowest BCUT2D eigenvalue weighted by molar-refractivity contribution is 0.0937. The average Bonchev–Trinajstić information content (AvgIpc) is 2.96. The summed E-state index contributed by atoms with van der Waals surface area (Å²) in [7, 11) is 3.03. The summed E-state index contributed by atoms with van der Waals surface area (Å²) in [5.41, 5.74) is -0.310. The third-order valence-corrected chi connectivity index (χ3v) is 6.47. The Bertz CT molecular complexity index is 1270. The van der Waals surface area contributed by atoms with Gasteiger partial charge in [-0.05, 0) is 31.0 Å². The Hall–Kier alpha value is -2.49. The summed E-state index contributed by atoms with van der Waals surface area (Å²) in [6, 6.07) is 4.86. The number of rotatable bonds is 6. The van der Waals surface area contributed by atoms with E-state index in [4.69, 9.17) is 27.9 Å². The molecule has 0 radical (unpaired) electrons. The molecule has 3 heterocycles. The molecule has 3 aromatic rings. The lowest BCUT2D eigenvalue weighted by Crippen LogP contribution is -2.38. The molecule has 178 valence electrons. The van der Waals surface area contributed by atoms with Gasteiger partial charge in [0.25, 0.3) is 5.56 Å². The van der Waals surface area contributed by atoms with E-state index in [1.807, 2.05) is 0 Å². The Morgan fingerprint density at radius 1 is 1.09 bits per heavy atom. The van der Waals surface area contributed by atoms with Crippen LogP contribution in [-0.4, -0.2) is 49.6 Å². The molecule has 11 heteroatoms. The van der Waals surface area contributed by atoms with Gasteiger partial charge in [0.15, 0.2) is 11.2 Å². The normalized spacial score (nSPS) is 15.6. The maximum Gasteiger partial charge on any atom is 0.332 e. The van der Waals surface area contributed by atoms with Gasteiger partial charge in [-0.15, -0.1) is 0 Å². The molecule has 1 saturated heterocycles. The average molecular weight is 496 g/mol. The number of anilines is 1. The molecule has 0 spiro atoms. The van der Waals surface area contributed by atoms with Crippen molar-refractivity contribution in [1.82, 2.24) is 18.7 Å². The molecule has 1 aromatic carbocycles. The topological polar surface area (TPSA) is 94.5 Å². The molecule has 1 N–H and O–H groups in total.